The van der Waals surface area contributed by atoms with Crippen molar-refractivity contribution in [3.05, 3.63) is 0 Å². The Bertz CT molecular complexity index is 673. The molecule has 0 unspecified atom stereocenters. The molecule has 0 aromatic rings. The molecule has 0 aromatic carbocycles. The van der Waals surface area contributed by atoms with Crippen molar-refractivity contribution >= 4 is 35.7 Å². The summed E-state index contributed by atoms with van der Waals surface area (Å²) in [6.07, 6.45) is -1.83. The first-order valence-corrected chi connectivity index (χ1v) is 12.4. The first-order valence-electron chi connectivity index (χ1n) is 6.03. The minimum atomic E-state index is -2.28. The summed E-state index contributed by atoms with van der Waals surface area (Å²) in [5.41, 5.74) is 0. The Labute approximate surface area is 105 Å². The summed E-state index contributed by atoms with van der Waals surface area (Å²) in [4.78, 5) is 24.5. The molecule has 1 spiro atoms. The number of rotatable bonds is 0. The molecule has 0 bridgehead atoms. The third-order valence-electron chi connectivity index (χ3n) is 14.5. The summed E-state index contributed by atoms with van der Waals surface area (Å²) < 4.78 is 0. The summed E-state index contributed by atoms with van der Waals surface area (Å²) in [6.45, 7) is -2.28. The molecule has 16 heavy (non-hydrogen) atoms. The summed E-state index contributed by atoms with van der Waals surface area (Å²) >= 11 is 0. The van der Waals surface area contributed by atoms with Gasteiger partial charge < -0.3 is 10.2 Å². The number of hydrogen-bond donors (Lipinski definition) is 2. The van der Waals surface area contributed by atoms with E-state index >= 15 is 0 Å². The monoisotopic (exact) mass is 272 g/mol. The molecule has 5 heteroatoms. The fourth-order valence-electron chi connectivity index (χ4n) is 15.8. The van der Waals surface area contributed by atoms with Crippen LogP contribution in [0.4, 0.5) is 4.79 Å². The molecular weight excluding hydrogens is 259 g/mol. The normalized spacial score (nSPS) is 119. The first kappa shape index (κ1) is 7.40. The van der Waals surface area contributed by atoms with Crippen LogP contribution >= 0.6 is 0 Å². The van der Waals surface area contributed by atoms with Crippen LogP contribution in [0.1, 0.15) is 0 Å². The van der Waals surface area contributed by atoms with Crippen molar-refractivity contribution in [2.75, 3.05) is 0 Å². The van der Waals surface area contributed by atoms with Crippen LogP contribution in [0.15, 0.2) is 0 Å². The third-order valence-corrected chi connectivity index (χ3v) is 56.5. The number of carbonyl (C=O) groups is 1. The van der Waals surface area contributed by atoms with Crippen molar-refractivity contribution in [3.8, 4) is 0 Å². The van der Waals surface area contributed by atoms with Crippen LogP contribution in [0.3, 0.4) is 0 Å². The predicted octanol–water partition coefficient (Wildman–Crippen LogP) is 2.95. The maximum absolute atomic E-state index is 8.56. The second-order valence-electron chi connectivity index (χ2n) is 9.87. The van der Waals surface area contributed by atoms with Crippen LogP contribution in [-0.4, -0.2) is 45.9 Å². The quantitative estimate of drug-likeness (QED) is 0.666. The van der Waals surface area contributed by atoms with Gasteiger partial charge in [0.15, 0.2) is 0 Å². The molecule has 10 aliphatic rings. The van der Waals surface area contributed by atoms with Crippen LogP contribution in [0, 0.1) is 0 Å². The van der Waals surface area contributed by atoms with Crippen LogP contribution < -0.4 is 0 Å². The van der Waals surface area contributed by atoms with Gasteiger partial charge in [-0.2, -0.15) is 0 Å². The second-order valence-corrected chi connectivity index (χ2v) is 33.8. The molecule has 10 heterocycles. The Kier molecular flexibility index (Phi) is 0.257. The zero-order valence-electron chi connectivity index (χ0n) is 7.93. The van der Waals surface area contributed by atoms with Crippen molar-refractivity contribution in [2.24, 2.45) is 0 Å². The predicted molar refractivity (Wildman–Crippen MR) is 55.3 cm³/mol. The molecule has 0 saturated carbocycles. The first-order chi connectivity index (χ1) is 6.89. The van der Waals surface area contributed by atoms with E-state index in [-0.39, 0.29) is 29.6 Å². The molecule has 10 saturated heterocycles. The summed E-state index contributed by atoms with van der Waals surface area (Å²) in [5.74, 6) is 0. The average Bonchev–Trinajstić information content (AvgIpc) is 3.13. The molecule has 0 radical (unpaired) electrons. The van der Waals surface area contributed by atoms with E-state index in [9.17, 15) is 0 Å². The van der Waals surface area contributed by atoms with Gasteiger partial charge in [-0.05, 0) is 0 Å². The van der Waals surface area contributed by atoms with Crippen molar-refractivity contribution in [1.82, 2.24) is 0 Å². The molecule has 10 rings (SSSR count). The summed E-state index contributed by atoms with van der Waals surface area (Å²) in [7, 11) is 0. The van der Waals surface area contributed by atoms with Crippen molar-refractivity contribution in [1.29, 1.82) is 0 Å². The molecule has 0 atom stereocenters. The zero-order chi connectivity index (χ0) is 9.67. The molecule has 0 aromatic heterocycles. The fraction of sp³-hybridized carbons (Fsp3) is 0.909. The van der Waals surface area contributed by atoms with Gasteiger partial charge in [-0.1, -0.05) is 0 Å². The topological polar surface area (TPSA) is 57.5 Å². The molecule has 84 valence electrons. The zero-order valence-corrected chi connectivity index (χ0v) is 9.03. The standard InChI is InChI=1S/2C5H5.CH2O3.Fe.Na.H/c2*1-2-4-5-3-1;2-1(3)4;;;/h2*1-5H;(H2,2,3,4);;;. The Morgan fingerprint density at radius 1 is 0.688 bits per heavy atom. The van der Waals surface area contributed by atoms with Gasteiger partial charge >= 0.3 is 90.4 Å². The Balaban J connectivity index is 0.000000109. The maximum atomic E-state index is 8.56. The van der Waals surface area contributed by atoms with Gasteiger partial charge in [0, 0.05) is 0 Å². The van der Waals surface area contributed by atoms with Crippen LogP contribution in [-0.2, 0) is 6.51 Å². The SMILES string of the molecule is O=C(O)O.[CH]12[CH]3[CH]4[CH]5[CH]1[Fe]23451678[CH]2[CH]1[CH]6[CH]7[CH]28.[NaH]. The molecule has 2 N–H and O–H groups in total. The third kappa shape index (κ3) is 0.0698. The second kappa shape index (κ2) is 0.556. The fourth-order valence-corrected chi connectivity index (χ4v) is 88.0. The Hall–Kier alpha value is 0.789. The van der Waals surface area contributed by atoms with Crippen molar-refractivity contribution < 1.29 is 21.5 Å². The summed E-state index contributed by atoms with van der Waals surface area (Å²) in [5, 5.41) is 13.9. The van der Waals surface area contributed by atoms with E-state index in [2.05, 4.69) is 0 Å². The molecule has 10 fully saturated rings. The Morgan fingerprint density at radius 2 is 0.812 bits per heavy atom. The van der Waals surface area contributed by atoms with E-state index in [1.54, 1.807) is 48.2 Å². The van der Waals surface area contributed by atoms with E-state index in [1.807, 2.05) is 0 Å². The summed E-state index contributed by atoms with van der Waals surface area (Å²) in [6, 6.07) is 0. The van der Waals surface area contributed by atoms with E-state index in [0.717, 1.165) is 0 Å². The van der Waals surface area contributed by atoms with E-state index in [4.69, 9.17) is 15.0 Å². The van der Waals surface area contributed by atoms with Gasteiger partial charge in [-0.3, -0.25) is 0 Å². The minimum absolute atomic E-state index is 0. The van der Waals surface area contributed by atoms with Crippen molar-refractivity contribution in [3.63, 3.8) is 0 Å². The molecule has 0 aliphatic carbocycles. The average molecular weight is 272 g/mol. The van der Waals surface area contributed by atoms with Gasteiger partial charge in [0.1, 0.15) is 0 Å². The van der Waals surface area contributed by atoms with Crippen LogP contribution in [0.25, 0.3) is 0 Å². The van der Waals surface area contributed by atoms with E-state index < -0.39 is 12.7 Å². The molecular formula is C11H13FeNaO3. The van der Waals surface area contributed by atoms with E-state index in [0.29, 0.717) is 0 Å². The molecule has 3 nitrogen and oxygen atoms in total. The van der Waals surface area contributed by atoms with Gasteiger partial charge in [-0.25, -0.2) is 4.79 Å². The van der Waals surface area contributed by atoms with Gasteiger partial charge in [0.05, 0.1) is 0 Å². The Morgan fingerprint density at radius 3 is 0.812 bits per heavy atom. The van der Waals surface area contributed by atoms with Gasteiger partial charge in [0.2, 0.25) is 0 Å². The van der Waals surface area contributed by atoms with E-state index in [1.165, 1.54) is 0 Å². The van der Waals surface area contributed by atoms with Crippen molar-refractivity contribution in [2.45, 2.75) is 48.2 Å². The molecule has 10 aliphatic heterocycles. The van der Waals surface area contributed by atoms with Gasteiger partial charge in [0.25, 0.3) is 0 Å². The molecule has 0 amide bonds. The number of carboxylic acid groups (broad SMARTS) is 2. The number of hydrogen-bond acceptors (Lipinski definition) is 1. The van der Waals surface area contributed by atoms with Crippen LogP contribution in [0.5, 0.6) is 0 Å². The van der Waals surface area contributed by atoms with Gasteiger partial charge in [-0.15, -0.1) is 0 Å². The van der Waals surface area contributed by atoms with Crippen LogP contribution in [0.2, 0.25) is 48.2 Å². The number of fused-ring (bicyclic) bond motifs is 10.